The van der Waals surface area contributed by atoms with Gasteiger partial charge in [-0.2, -0.15) is 0 Å². The highest BCUT2D eigenvalue weighted by Crippen LogP contribution is 2.07. The smallest absolute Gasteiger partial charge is 0.234 e. The van der Waals surface area contributed by atoms with Crippen LogP contribution in [0.25, 0.3) is 0 Å². The largest absolute Gasteiger partial charge is 0.357 e. The predicted molar refractivity (Wildman–Crippen MR) is 120 cm³/mol. The van der Waals surface area contributed by atoms with E-state index in [0.29, 0.717) is 13.1 Å². The molecule has 2 heterocycles. The number of carbonyl (C=O) groups is 1. The third-order valence-electron chi connectivity index (χ3n) is 4.32. The molecule has 1 aromatic rings. The lowest BCUT2D eigenvalue weighted by molar-refractivity contribution is -0.123. The summed E-state index contributed by atoms with van der Waals surface area (Å²) in [7, 11) is 0. The molecule has 7 nitrogen and oxygen atoms in total. The summed E-state index contributed by atoms with van der Waals surface area (Å²) in [5.41, 5.74) is 2.17. The van der Waals surface area contributed by atoms with Gasteiger partial charge in [0, 0.05) is 45.0 Å². The van der Waals surface area contributed by atoms with Gasteiger partial charge in [0.15, 0.2) is 5.96 Å². The molecule has 1 aromatic heterocycles. The SMILES string of the molecule is CCNC(=NCc1ncccc1C)N1CCN(CC(=O)NC(C)C)CC1.I. The summed E-state index contributed by atoms with van der Waals surface area (Å²) in [6.45, 7) is 13.4. The fraction of sp³-hybridized carbons (Fsp3) is 0.632. The number of amides is 1. The first-order valence-corrected chi connectivity index (χ1v) is 9.45. The first-order chi connectivity index (χ1) is 12.5. The molecule has 0 aromatic carbocycles. The number of piperazine rings is 1. The number of carbonyl (C=O) groups excluding carboxylic acids is 1. The van der Waals surface area contributed by atoms with Gasteiger partial charge < -0.3 is 15.5 Å². The maximum Gasteiger partial charge on any atom is 0.234 e. The molecule has 0 radical (unpaired) electrons. The normalized spacial score (nSPS) is 15.4. The van der Waals surface area contributed by atoms with Crippen LogP contribution in [-0.2, 0) is 11.3 Å². The van der Waals surface area contributed by atoms with Gasteiger partial charge in [0.2, 0.25) is 5.91 Å². The van der Waals surface area contributed by atoms with Crippen molar-refractivity contribution < 1.29 is 4.79 Å². The average Bonchev–Trinajstić information content (AvgIpc) is 2.60. The van der Waals surface area contributed by atoms with Gasteiger partial charge in [-0.15, -0.1) is 24.0 Å². The predicted octanol–water partition coefficient (Wildman–Crippen LogP) is 1.62. The lowest BCUT2D eigenvalue weighted by Gasteiger charge is -2.36. The van der Waals surface area contributed by atoms with E-state index in [9.17, 15) is 4.79 Å². The van der Waals surface area contributed by atoms with Crippen molar-refractivity contribution in [3.05, 3.63) is 29.6 Å². The van der Waals surface area contributed by atoms with E-state index in [-0.39, 0.29) is 35.9 Å². The van der Waals surface area contributed by atoms with Crippen LogP contribution in [0.4, 0.5) is 0 Å². The lowest BCUT2D eigenvalue weighted by atomic mass is 10.2. The van der Waals surface area contributed by atoms with Crippen molar-refractivity contribution in [3.8, 4) is 0 Å². The summed E-state index contributed by atoms with van der Waals surface area (Å²) >= 11 is 0. The molecule has 152 valence electrons. The van der Waals surface area contributed by atoms with E-state index in [1.165, 1.54) is 0 Å². The Morgan fingerprint density at radius 2 is 2.00 bits per heavy atom. The Hall–Kier alpha value is -1.42. The maximum atomic E-state index is 11.9. The second kappa shape index (κ2) is 12.1. The molecular formula is C19H33IN6O. The van der Waals surface area contributed by atoms with E-state index in [1.807, 2.05) is 26.1 Å². The van der Waals surface area contributed by atoms with E-state index in [2.05, 4.69) is 45.3 Å². The maximum absolute atomic E-state index is 11.9. The quantitative estimate of drug-likeness (QED) is 0.362. The highest BCUT2D eigenvalue weighted by Gasteiger charge is 2.21. The Morgan fingerprint density at radius 1 is 1.30 bits per heavy atom. The fourth-order valence-corrected chi connectivity index (χ4v) is 2.95. The number of aryl methyl sites for hydroxylation is 1. The number of pyridine rings is 1. The van der Waals surface area contributed by atoms with Gasteiger partial charge in [-0.05, 0) is 39.3 Å². The molecule has 1 fully saturated rings. The Balaban J connectivity index is 0.00000364. The van der Waals surface area contributed by atoms with Gasteiger partial charge in [0.25, 0.3) is 0 Å². The second-order valence-electron chi connectivity index (χ2n) is 6.92. The second-order valence-corrected chi connectivity index (χ2v) is 6.92. The first kappa shape index (κ1) is 23.6. The molecule has 0 aliphatic carbocycles. The minimum Gasteiger partial charge on any atom is -0.357 e. The van der Waals surface area contributed by atoms with Crippen molar-refractivity contribution in [1.29, 1.82) is 0 Å². The lowest BCUT2D eigenvalue weighted by Crippen LogP contribution is -2.54. The van der Waals surface area contributed by atoms with Crippen molar-refractivity contribution in [2.75, 3.05) is 39.3 Å². The molecule has 2 N–H and O–H groups in total. The van der Waals surface area contributed by atoms with Crippen LogP contribution in [0.5, 0.6) is 0 Å². The van der Waals surface area contributed by atoms with Gasteiger partial charge in [0.1, 0.15) is 0 Å². The van der Waals surface area contributed by atoms with E-state index in [1.54, 1.807) is 0 Å². The zero-order valence-corrected chi connectivity index (χ0v) is 19.2. The van der Waals surface area contributed by atoms with Crippen molar-refractivity contribution in [3.63, 3.8) is 0 Å². The number of rotatable bonds is 6. The average molecular weight is 488 g/mol. The molecule has 2 rings (SSSR count). The molecule has 1 saturated heterocycles. The van der Waals surface area contributed by atoms with Crippen LogP contribution in [0, 0.1) is 6.92 Å². The molecule has 0 spiro atoms. The number of aliphatic imine (C=N–C) groups is 1. The highest BCUT2D eigenvalue weighted by molar-refractivity contribution is 14.0. The minimum absolute atomic E-state index is 0. The summed E-state index contributed by atoms with van der Waals surface area (Å²) in [6, 6.07) is 4.19. The van der Waals surface area contributed by atoms with Crippen molar-refractivity contribution in [2.24, 2.45) is 4.99 Å². The first-order valence-electron chi connectivity index (χ1n) is 9.45. The Labute approximate surface area is 180 Å². The third kappa shape index (κ3) is 8.00. The molecule has 0 bridgehead atoms. The third-order valence-corrected chi connectivity index (χ3v) is 4.32. The minimum atomic E-state index is 0. The van der Waals surface area contributed by atoms with Crippen molar-refractivity contribution >= 4 is 35.8 Å². The van der Waals surface area contributed by atoms with E-state index in [4.69, 9.17) is 4.99 Å². The number of nitrogens with one attached hydrogen (secondary N) is 2. The fourth-order valence-electron chi connectivity index (χ4n) is 2.95. The van der Waals surface area contributed by atoms with Crippen molar-refractivity contribution in [1.82, 2.24) is 25.4 Å². The number of nitrogens with zero attached hydrogens (tertiary/aromatic N) is 4. The van der Waals surface area contributed by atoms with E-state index < -0.39 is 0 Å². The highest BCUT2D eigenvalue weighted by atomic mass is 127. The molecule has 1 aliphatic rings. The summed E-state index contributed by atoms with van der Waals surface area (Å²) < 4.78 is 0. The van der Waals surface area contributed by atoms with Gasteiger partial charge >= 0.3 is 0 Å². The van der Waals surface area contributed by atoms with E-state index in [0.717, 1.165) is 49.9 Å². The zero-order valence-electron chi connectivity index (χ0n) is 16.9. The molecule has 0 unspecified atom stereocenters. The summed E-state index contributed by atoms with van der Waals surface area (Å²) in [4.78, 5) is 25.6. The Morgan fingerprint density at radius 3 is 2.59 bits per heavy atom. The monoisotopic (exact) mass is 488 g/mol. The standard InChI is InChI=1S/C19H32N6O.HI/c1-5-20-19(22-13-17-16(4)7-6-8-21-17)25-11-9-24(10-12-25)14-18(26)23-15(2)3;/h6-8,15H,5,9-14H2,1-4H3,(H,20,22)(H,23,26);1H. The Kier molecular flexibility index (Phi) is 10.6. The van der Waals surface area contributed by atoms with Crippen LogP contribution in [0.15, 0.2) is 23.3 Å². The van der Waals surface area contributed by atoms with Gasteiger partial charge in [0.05, 0.1) is 18.8 Å². The van der Waals surface area contributed by atoms with E-state index >= 15 is 0 Å². The molecule has 1 amide bonds. The summed E-state index contributed by atoms with van der Waals surface area (Å²) in [5.74, 6) is 1.02. The molecule has 0 atom stereocenters. The van der Waals surface area contributed by atoms with Crippen LogP contribution >= 0.6 is 24.0 Å². The number of hydrogen-bond acceptors (Lipinski definition) is 4. The van der Waals surface area contributed by atoms with Crippen LogP contribution in [0.1, 0.15) is 32.0 Å². The van der Waals surface area contributed by atoms with Gasteiger partial charge in [-0.3, -0.25) is 14.7 Å². The molecule has 8 heteroatoms. The van der Waals surface area contributed by atoms with Crippen LogP contribution in [-0.4, -0.2) is 72.0 Å². The molecule has 0 saturated carbocycles. The van der Waals surface area contributed by atoms with Gasteiger partial charge in [-0.25, -0.2) is 4.99 Å². The number of hydrogen-bond donors (Lipinski definition) is 2. The number of halogens is 1. The number of guanidine groups is 1. The number of aromatic nitrogens is 1. The summed E-state index contributed by atoms with van der Waals surface area (Å²) in [5, 5.41) is 6.32. The molecule has 27 heavy (non-hydrogen) atoms. The van der Waals surface area contributed by atoms with Crippen LogP contribution in [0.3, 0.4) is 0 Å². The molecular weight excluding hydrogens is 455 g/mol. The topological polar surface area (TPSA) is 72.9 Å². The Bertz CT molecular complexity index is 614. The molecule has 1 aliphatic heterocycles. The van der Waals surface area contributed by atoms with Crippen LogP contribution in [0.2, 0.25) is 0 Å². The summed E-state index contributed by atoms with van der Waals surface area (Å²) in [6.07, 6.45) is 1.81. The van der Waals surface area contributed by atoms with Gasteiger partial charge in [-0.1, -0.05) is 6.07 Å². The zero-order chi connectivity index (χ0) is 18.9. The van der Waals surface area contributed by atoms with Crippen molar-refractivity contribution in [2.45, 2.75) is 40.3 Å². The van der Waals surface area contributed by atoms with Crippen LogP contribution < -0.4 is 10.6 Å².